The highest BCUT2D eigenvalue weighted by atomic mass is 32.1. The second kappa shape index (κ2) is 9.81. The molecule has 0 atom stereocenters. The van der Waals surface area contributed by atoms with E-state index in [9.17, 15) is 0 Å². The van der Waals surface area contributed by atoms with Crippen molar-refractivity contribution in [3.8, 4) is 0 Å². The van der Waals surface area contributed by atoms with Crippen LogP contribution >= 0.6 is 12.6 Å². The largest absolute Gasteiger partial charge is 0.395 e. The van der Waals surface area contributed by atoms with Crippen LogP contribution in [-0.2, 0) is 0 Å². The molecule has 0 aromatic rings. The second-order valence-corrected chi connectivity index (χ2v) is 4.44. The quantitative estimate of drug-likeness (QED) is 0.459. The molecule has 0 fully saturated rings. The van der Waals surface area contributed by atoms with Gasteiger partial charge in [0.2, 0.25) is 0 Å². The summed E-state index contributed by atoms with van der Waals surface area (Å²) in [6.45, 7) is 6.57. The van der Waals surface area contributed by atoms with Crippen molar-refractivity contribution < 1.29 is 5.11 Å². The predicted molar refractivity (Wildman–Crippen MR) is 66.1 cm³/mol. The van der Waals surface area contributed by atoms with E-state index < -0.39 is 0 Å². The van der Waals surface area contributed by atoms with Gasteiger partial charge in [-0.1, -0.05) is 12.8 Å². The van der Waals surface area contributed by atoms with E-state index in [-0.39, 0.29) is 6.61 Å². The van der Waals surface area contributed by atoms with Gasteiger partial charge in [-0.25, -0.2) is 0 Å². The van der Waals surface area contributed by atoms with Gasteiger partial charge in [-0.3, -0.25) is 4.90 Å². The Labute approximate surface area is 94.1 Å². The lowest BCUT2D eigenvalue weighted by Crippen LogP contribution is -2.34. The van der Waals surface area contributed by atoms with Crippen molar-refractivity contribution in [2.75, 3.05) is 25.4 Å². The zero-order valence-electron chi connectivity index (χ0n) is 9.58. The number of hydrogen-bond acceptors (Lipinski definition) is 3. The maximum Gasteiger partial charge on any atom is 0.0558 e. The maximum absolute atomic E-state index is 8.87. The molecule has 0 aliphatic rings. The van der Waals surface area contributed by atoms with E-state index in [2.05, 4.69) is 31.4 Å². The summed E-state index contributed by atoms with van der Waals surface area (Å²) in [6, 6.07) is 0.548. The first-order chi connectivity index (χ1) is 6.72. The fourth-order valence-corrected chi connectivity index (χ4v) is 1.76. The molecule has 0 unspecified atom stereocenters. The van der Waals surface area contributed by atoms with Crippen LogP contribution in [0.3, 0.4) is 0 Å². The predicted octanol–water partition coefficient (Wildman–Crippen LogP) is 2.18. The molecule has 0 rings (SSSR count). The van der Waals surface area contributed by atoms with Crippen molar-refractivity contribution in [2.24, 2.45) is 0 Å². The number of hydrogen-bond donors (Lipinski definition) is 2. The average molecular weight is 219 g/mol. The lowest BCUT2D eigenvalue weighted by Gasteiger charge is -2.25. The first kappa shape index (κ1) is 14.3. The molecule has 0 aliphatic carbocycles. The third-order valence-corrected chi connectivity index (χ3v) is 2.79. The number of rotatable bonds is 9. The molecule has 3 heteroatoms. The van der Waals surface area contributed by atoms with Gasteiger partial charge in [0, 0.05) is 12.6 Å². The molecule has 0 saturated carbocycles. The Morgan fingerprint density at radius 2 is 1.71 bits per heavy atom. The zero-order valence-corrected chi connectivity index (χ0v) is 10.5. The summed E-state index contributed by atoms with van der Waals surface area (Å²) in [5.74, 6) is 1.00. The molecule has 14 heavy (non-hydrogen) atoms. The van der Waals surface area contributed by atoms with Crippen LogP contribution in [0.2, 0.25) is 0 Å². The van der Waals surface area contributed by atoms with E-state index in [4.69, 9.17) is 5.11 Å². The first-order valence-corrected chi connectivity index (χ1v) is 6.31. The van der Waals surface area contributed by atoms with Crippen molar-refractivity contribution >= 4 is 12.6 Å². The summed E-state index contributed by atoms with van der Waals surface area (Å²) < 4.78 is 0. The number of unbranched alkanes of at least 4 members (excludes halogenated alkanes) is 3. The fraction of sp³-hybridized carbons (Fsp3) is 1.00. The lowest BCUT2D eigenvalue weighted by molar-refractivity contribution is 0.163. The van der Waals surface area contributed by atoms with Crippen LogP contribution in [0.1, 0.15) is 39.5 Å². The van der Waals surface area contributed by atoms with Gasteiger partial charge in [-0.15, -0.1) is 0 Å². The molecule has 0 amide bonds. The monoisotopic (exact) mass is 219 g/mol. The normalized spacial score (nSPS) is 11.6. The summed E-state index contributed by atoms with van der Waals surface area (Å²) in [5, 5.41) is 8.87. The van der Waals surface area contributed by atoms with Crippen LogP contribution in [0.15, 0.2) is 0 Å². The minimum absolute atomic E-state index is 0.273. The number of aliphatic hydroxyl groups is 1. The Balaban J connectivity index is 3.41. The maximum atomic E-state index is 8.87. The van der Waals surface area contributed by atoms with Crippen molar-refractivity contribution in [1.29, 1.82) is 0 Å². The fourth-order valence-electron chi connectivity index (χ4n) is 1.54. The van der Waals surface area contributed by atoms with E-state index >= 15 is 0 Å². The van der Waals surface area contributed by atoms with Crippen molar-refractivity contribution in [3.63, 3.8) is 0 Å². The third kappa shape index (κ3) is 7.65. The molecule has 0 saturated heterocycles. The molecule has 0 spiro atoms. The minimum Gasteiger partial charge on any atom is -0.395 e. The van der Waals surface area contributed by atoms with E-state index in [0.717, 1.165) is 18.8 Å². The van der Waals surface area contributed by atoms with E-state index in [0.29, 0.717) is 6.04 Å². The van der Waals surface area contributed by atoms with Crippen LogP contribution in [0.4, 0.5) is 0 Å². The minimum atomic E-state index is 0.273. The van der Waals surface area contributed by atoms with E-state index in [1.165, 1.54) is 25.7 Å². The average Bonchev–Trinajstić information content (AvgIpc) is 2.15. The second-order valence-electron chi connectivity index (χ2n) is 3.99. The molecular weight excluding hydrogens is 194 g/mol. The van der Waals surface area contributed by atoms with Gasteiger partial charge in [0.25, 0.3) is 0 Å². The Hall–Kier alpha value is 0.270. The first-order valence-electron chi connectivity index (χ1n) is 5.68. The van der Waals surface area contributed by atoms with E-state index in [1.54, 1.807) is 0 Å². The summed E-state index contributed by atoms with van der Waals surface area (Å²) in [6.07, 6.45) is 5.04. The van der Waals surface area contributed by atoms with Crippen LogP contribution in [0.5, 0.6) is 0 Å². The molecule has 1 N–H and O–H groups in total. The van der Waals surface area contributed by atoms with Gasteiger partial charge in [-0.2, -0.15) is 12.6 Å². The Morgan fingerprint density at radius 1 is 1.07 bits per heavy atom. The van der Waals surface area contributed by atoms with Gasteiger partial charge < -0.3 is 5.11 Å². The Morgan fingerprint density at radius 3 is 2.21 bits per heavy atom. The van der Waals surface area contributed by atoms with Gasteiger partial charge in [0.05, 0.1) is 6.61 Å². The van der Waals surface area contributed by atoms with Crippen molar-refractivity contribution in [1.82, 2.24) is 4.90 Å². The molecule has 0 bridgehead atoms. The Kier molecular flexibility index (Phi) is 10.0. The number of aliphatic hydroxyl groups excluding tert-OH is 1. The molecule has 0 aromatic carbocycles. The van der Waals surface area contributed by atoms with Gasteiger partial charge in [0.1, 0.15) is 0 Å². The highest BCUT2D eigenvalue weighted by Crippen LogP contribution is 2.05. The summed E-state index contributed by atoms with van der Waals surface area (Å²) in [7, 11) is 0. The molecule has 0 heterocycles. The SMILES string of the molecule is CC(C)N(CCO)CCCCCCS. The van der Waals surface area contributed by atoms with Crippen LogP contribution in [-0.4, -0.2) is 41.5 Å². The molecule has 0 aromatic heterocycles. The van der Waals surface area contributed by atoms with Crippen LogP contribution in [0.25, 0.3) is 0 Å². The van der Waals surface area contributed by atoms with E-state index in [1.807, 2.05) is 0 Å². The number of nitrogens with zero attached hydrogens (tertiary/aromatic N) is 1. The summed E-state index contributed by atoms with van der Waals surface area (Å²) in [5.41, 5.74) is 0. The molecule has 2 nitrogen and oxygen atoms in total. The molecule has 86 valence electrons. The standard InChI is InChI=1S/C11H25NOS/c1-11(2)12(8-9-13)7-5-3-4-6-10-14/h11,13-14H,3-10H2,1-2H3. The molecular formula is C11H25NOS. The summed E-state index contributed by atoms with van der Waals surface area (Å²) in [4.78, 5) is 2.33. The van der Waals surface area contributed by atoms with Gasteiger partial charge >= 0.3 is 0 Å². The summed E-state index contributed by atoms with van der Waals surface area (Å²) >= 11 is 4.19. The van der Waals surface area contributed by atoms with Crippen LogP contribution < -0.4 is 0 Å². The zero-order chi connectivity index (χ0) is 10.8. The van der Waals surface area contributed by atoms with Crippen LogP contribution in [0, 0.1) is 0 Å². The highest BCUT2D eigenvalue weighted by Gasteiger charge is 2.07. The topological polar surface area (TPSA) is 23.5 Å². The van der Waals surface area contributed by atoms with Crippen molar-refractivity contribution in [2.45, 2.75) is 45.6 Å². The van der Waals surface area contributed by atoms with Crippen molar-refractivity contribution in [3.05, 3.63) is 0 Å². The van der Waals surface area contributed by atoms with Gasteiger partial charge in [-0.05, 0) is 39.0 Å². The third-order valence-electron chi connectivity index (χ3n) is 2.47. The molecule has 0 radical (unpaired) electrons. The highest BCUT2D eigenvalue weighted by molar-refractivity contribution is 7.80. The smallest absolute Gasteiger partial charge is 0.0558 e. The lowest BCUT2D eigenvalue weighted by atomic mass is 10.2. The molecule has 0 aliphatic heterocycles. The Bertz CT molecular complexity index is 120. The van der Waals surface area contributed by atoms with Gasteiger partial charge in [0.15, 0.2) is 0 Å². The number of thiol groups is 1.